The van der Waals surface area contributed by atoms with Crippen LogP contribution in [-0.4, -0.2) is 53.7 Å². The van der Waals surface area contributed by atoms with E-state index in [1.165, 1.54) is 12.8 Å². The maximum atomic E-state index is 12.2. The van der Waals surface area contributed by atoms with Gasteiger partial charge in [0.25, 0.3) is 0 Å². The number of piperazine rings is 1. The summed E-state index contributed by atoms with van der Waals surface area (Å²) >= 11 is 0. The van der Waals surface area contributed by atoms with Gasteiger partial charge in [0, 0.05) is 45.1 Å². The predicted molar refractivity (Wildman–Crippen MR) is 90.9 cm³/mol. The van der Waals surface area contributed by atoms with Crippen LogP contribution >= 0.6 is 0 Å². The highest BCUT2D eigenvalue weighted by Crippen LogP contribution is 2.12. The molecule has 1 aliphatic heterocycles. The van der Waals surface area contributed by atoms with E-state index in [-0.39, 0.29) is 0 Å². The Morgan fingerprint density at radius 1 is 0.818 bits per heavy atom. The van der Waals surface area contributed by atoms with Crippen LogP contribution in [0.1, 0.15) is 72.1 Å². The van der Waals surface area contributed by atoms with Crippen molar-refractivity contribution in [1.82, 2.24) is 9.80 Å². The molecule has 0 radical (unpaired) electrons. The second-order valence-electron chi connectivity index (χ2n) is 6.83. The lowest BCUT2D eigenvalue weighted by atomic mass is 10.1. The monoisotopic (exact) mass is 310 g/mol. The Kier molecular flexibility index (Phi) is 9.37. The molecule has 0 aliphatic carbocycles. The van der Waals surface area contributed by atoms with Crippen molar-refractivity contribution in [3.8, 4) is 0 Å². The quantitative estimate of drug-likeness (QED) is 0.582. The molecule has 1 amide bonds. The first-order valence-electron chi connectivity index (χ1n) is 9.02. The molecule has 1 heterocycles. The molecule has 128 valence electrons. The van der Waals surface area contributed by atoms with Crippen molar-refractivity contribution >= 4 is 11.7 Å². The third-order valence-corrected chi connectivity index (χ3v) is 4.57. The van der Waals surface area contributed by atoms with Crippen LogP contribution in [0.2, 0.25) is 0 Å². The highest BCUT2D eigenvalue weighted by Gasteiger charge is 2.21. The molecule has 1 aliphatic rings. The zero-order valence-electron chi connectivity index (χ0n) is 14.8. The maximum absolute atomic E-state index is 12.2. The van der Waals surface area contributed by atoms with Gasteiger partial charge in [-0.05, 0) is 33.6 Å². The van der Waals surface area contributed by atoms with E-state index in [1.807, 2.05) is 4.90 Å². The van der Waals surface area contributed by atoms with Crippen LogP contribution < -0.4 is 0 Å². The molecule has 4 heteroatoms. The van der Waals surface area contributed by atoms with E-state index in [1.54, 1.807) is 6.92 Å². The van der Waals surface area contributed by atoms with Gasteiger partial charge < -0.3 is 9.69 Å². The van der Waals surface area contributed by atoms with Crippen molar-refractivity contribution in [1.29, 1.82) is 0 Å². The number of hydrogen-bond donors (Lipinski definition) is 0. The maximum Gasteiger partial charge on any atom is 0.222 e. The predicted octanol–water partition coefficient (Wildman–Crippen LogP) is 3.25. The summed E-state index contributed by atoms with van der Waals surface area (Å²) < 4.78 is 0. The number of Topliss-reactive ketones (excluding diaryl/α,β-unsaturated/α-hetero) is 1. The zero-order chi connectivity index (χ0) is 16.4. The fourth-order valence-corrected chi connectivity index (χ4v) is 3.00. The lowest BCUT2D eigenvalue weighted by Gasteiger charge is -2.37. The number of ketones is 1. The summed E-state index contributed by atoms with van der Waals surface area (Å²) in [6, 6.07) is 0.584. The molecule has 1 saturated heterocycles. The van der Waals surface area contributed by atoms with E-state index in [9.17, 15) is 9.59 Å². The highest BCUT2D eigenvalue weighted by atomic mass is 16.2. The average molecular weight is 310 g/mol. The molecule has 0 atom stereocenters. The summed E-state index contributed by atoms with van der Waals surface area (Å²) in [6.07, 6.45) is 8.11. The molecule has 0 N–H and O–H groups in total. The normalized spacial score (nSPS) is 16.3. The fraction of sp³-hybridized carbons (Fsp3) is 0.889. The van der Waals surface area contributed by atoms with Gasteiger partial charge in [0.1, 0.15) is 5.78 Å². The molecule has 0 bridgehead atoms. The van der Waals surface area contributed by atoms with Gasteiger partial charge in [-0.25, -0.2) is 0 Å². The minimum atomic E-state index is 0.295. The van der Waals surface area contributed by atoms with Crippen LogP contribution in [0.15, 0.2) is 0 Å². The van der Waals surface area contributed by atoms with Crippen LogP contribution in [0.25, 0.3) is 0 Å². The van der Waals surface area contributed by atoms with Crippen molar-refractivity contribution in [3.63, 3.8) is 0 Å². The highest BCUT2D eigenvalue weighted by molar-refractivity contribution is 5.76. The molecule has 4 nitrogen and oxygen atoms in total. The van der Waals surface area contributed by atoms with Crippen molar-refractivity contribution in [3.05, 3.63) is 0 Å². The Balaban J connectivity index is 1.99. The van der Waals surface area contributed by atoms with Crippen molar-refractivity contribution in [2.24, 2.45) is 0 Å². The Morgan fingerprint density at radius 2 is 1.32 bits per heavy atom. The summed E-state index contributed by atoms with van der Waals surface area (Å²) in [4.78, 5) is 27.4. The second-order valence-corrected chi connectivity index (χ2v) is 6.83. The molecule has 0 saturated carbocycles. The number of carbonyl (C=O) groups excluding carboxylic acids is 2. The third kappa shape index (κ3) is 7.92. The van der Waals surface area contributed by atoms with Gasteiger partial charge in [-0.2, -0.15) is 0 Å². The average Bonchev–Trinajstić information content (AvgIpc) is 2.49. The van der Waals surface area contributed by atoms with Crippen LogP contribution in [0.5, 0.6) is 0 Å². The molecule has 1 fully saturated rings. The van der Waals surface area contributed by atoms with Gasteiger partial charge in [-0.15, -0.1) is 0 Å². The Morgan fingerprint density at radius 3 is 1.82 bits per heavy atom. The van der Waals surface area contributed by atoms with Crippen LogP contribution in [0.4, 0.5) is 0 Å². The Labute approximate surface area is 136 Å². The summed E-state index contributed by atoms with van der Waals surface area (Å²) in [5.41, 5.74) is 0. The van der Waals surface area contributed by atoms with Gasteiger partial charge in [0.2, 0.25) is 5.91 Å². The van der Waals surface area contributed by atoms with Gasteiger partial charge in [-0.3, -0.25) is 9.69 Å². The van der Waals surface area contributed by atoms with Gasteiger partial charge in [0.05, 0.1) is 0 Å². The number of unbranched alkanes of at least 4 members (excludes halogenated alkanes) is 5. The van der Waals surface area contributed by atoms with Crippen LogP contribution in [-0.2, 0) is 9.59 Å². The van der Waals surface area contributed by atoms with Gasteiger partial charge >= 0.3 is 0 Å². The lowest BCUT2D eigenvalue weighted by molar-refractivity contribution is -0.133. The van der Waals surface area contributed by atoms with Gasteiger partial charge in [0.15, 0.2) is 0 Å². The summed E-state index contributed by atoms with van der Waals surface area (Å²) in [6.45, 7) is 9.90. The lowest BCUT2D eigenvalue weighted by Crippen LogP contribution is -2.50. The van der Waals surface area contributed by atoms with Crippen molar-refractivity contribution in [2.75, 3.05) is 26.2 Å². The minimum Gasteiger partial charge on any atom is -0.340 e. The molecular formula is C18H34N2O2. The van der Waals surface area contributed by atoms with E-state index in [0.29, 0.717) is 24.2 Å². The number of amides is 1. The molecule has 22 heavy (non-hydrogen) atoms. The van der Waals surface area contributed by atoms with E-state index in [2.05, 4.69) is 18.7 Å². The van der Waals surface area contributed by atoms with E-state index < -0.39 is 0 Å². The van der Waals surface area contributed by atoms with E-state index in [0.717, 1.165) is 58.3 Å². The van der Waals surface area contributed by atoms with E-state index in [4.69, 9.17) is 0 Å². The molecule has 0 spiro atoms. The summed E-state index contributed by atoms with van der Waals surface area (Å²) in [5.74, 6) is 0.628. The summed E-state index contributed by atoms with van der Waals surface area (Å²) in [7, 11) is 0. The smallest absolute Gasteiger partial charge is 0.222 e. The first kappa shape index (κ1) is 19.1. The van der Waals surface area contributed by atoms with Crippen molar-refractivity contribution in [2.45, 2.75) is 78.2 Å². The molecule has 0 aromatic rings. The standard InChI is InChI=1S/C18H34N2O2/c1-16(2)19-12-14-20(15-13-19)18(22)11-9-7-5-4-6-8-10-17(3)21/h16H,4-15H2,1-3H3. The topological polar surface area (TPSA) is 40.6 Å². The first-order valence-corrected chi connectivity index (χ1v) is 9.02. The number of carbonyl (C=O) groups is 2. The number of hydrogen-bond acceptors (Lipinski definition) is 3. The molecule has 0 unspecified atom stereocenters. The second kappa shape index (κ2) is 10.8. The fourth-order valence-electron chi connectivity index (χ4n) is 3.00. The zero-order valence-corrected chi connectivity index (χ0v) is 14.8. The number of nitrogens with zero attached hydrogens (tertiary/aromatic N) is 2. The molecule has 0 aromatic heterocycles. The van der Waals surface area contributed by atoms with Crippen LogP contribution in [0.3, 0.4) is 0 Å². The first-order chi connectivity index (χ1) is 10.5. The Bertz CT molecular complexity index is 334. The van der Waals surface area contributed by atoms with Gasteiger partial charge in [-0.1, -0.05) is 25.7 Å². The molecule has 1 rings (SSSR count). The summed E-state index contributed by atoms with van der Waals surface area (Å²) in [5, 5.41) is 0. The number of rotatable bonds is 10. The molecule has 0 aromatic carbocycles. The molecular weight excluding hydrogens is 276 g/mol. The minimum absolute atomic E-state index is 0.295. The van der Waals surface area contributed by atoms with Crippen molar-refractivity contribution < 1.29 is 9.59 Å². The Hall–Kier alpha value is -0.900. The van der Waals surface area contributed by atoms with Crippen LogP contribution in [0, 0.1) is 0 Å². The SMILES string of the molecule is CC(=O)CCCCCCCCC(=O)N1CCN(C(C)C)CC1. The largest absolute Gasteiger partial charge is 0.340 e. The van der Waals surface area contributed by atoms with E-state index >= 15 is 0 Å². The third-order valence-electron chi connectivity index (χ3n) is 4.57.